The number of furan rings is 1. The molecule has 2 aromatic rings. The van der Waals surface area contributed by atoms with Gasteiger partial charge in [-0.25, -0.2) is 4.99 Å². The van der Waals surface area contributed by atoms with E-state index in [0.717, 1.165) is 30.2 Å². The topological polar surface area (TPSA) is 69.8 Å². The minimum absolute atomic E-state index is 0.326. The van der Waals surface area contributed by atoms with Crippen molar-refractivity contribution in [3.63, 3.8) is 0 Å². The lowest BCUT2D eigenvalue weighted by Gasteiger charge is -2.22. The second-order valence-electron chi connectivity index (χ2n) is 6.83. The van der Waals surface area contributed by atoms with Crippen LogP contribution in [0, 0.1) is 0 Å². The minimum Gasteiger partial charge on any atom is -0.469 e. The lowest BCUT2D eigenvalue weighted by Crippen LogP contribution is -2.44. The largest absolute Gasteiger partial charge is 0.469 e. The van der Waals surface area contributed by atoms with Crippen LogP contribution in [0.25, 0.3) is 0 Å². The highest BCUT2D eigenvalue weighted by Crippen LogP contribution is 2.23. The van der Waals surface area contributed by atoms with Gasteiger partial charge >= 0.3 is 0 Å². The predicted octanol–water partition coefficient (Wildman–Crippen LogP) is 3.27. The van der Waals surface area contributed by atoms with Crippen LogP contribution < -0.4 is 10.6 Å². The Morgan fingerprint density at radius 3 is 2.92 bits per heavy atom. The zero-order valence-corrected chi connectivity index (χ0v) is 15.5. The molecule has 0 bridgehead atoms. The van der Waals surface area contributed by atoms with Crippen LogP contribution in [0.4, 0.5) is 0 Å². The molecule has 136 valence electrons. The average Bonchev–Trinajstić information content (AvgIpc) is 3.34. The Hall–Kier alpha value is -1.79. The smallest absolute Gasteiger partial charge is 0.191 e. The van der Waals surface area contributed by atoms with Crippen molar-refractivity contribution >= 4 is 17.3 Å². The molecule has 1 fully saturated rings. The SMILES string of the molecule is CC(O)(CN=C(NCCc1ccco1)NC1CCCC1)c1ccsc1. The summed E-state index contributed by atoms with van der Waals surface area (Å²) in [5.41, 5.74) is -0.0391. The van der Waals surface area contributed by atoms with Gasteiger partial charge in [0.15, 0.2) is 5.96 Å². The van der Waals surface area contributed by atoms with Gasteiger partial charge in [0.1, 0.15) is 11.4 Å². The van der Waals surface area contributed by atoms with Crippen molar-refractivity contribution in [1.29, 1.82) is 0 Å². The fourth-order valence-electron chi connectivity index (χ4n) is 3.07. The fourth-order valence-corrected chi connectivity index (χ4v) is 3.85. The van der Waals surface area contributed by atoms with Gasteiger partial charge in [0.05, 0.1) is 12.8 Å². The Bertz CT molecular complexity index is 644. The third kappa shape index (κ3) is 5.34. The minimum atomic E-state index is -0.953. The first-order valence-corrected chi connectivity index (χ1v) is 9.90. The summed E-state index contributed by atoms with van der Waals surface area (Å²) < 4.78 is 5.37. The first kappa shape index (κ1) is 18.0. The summed E-state index contributed by atoms with van der Waals surface area (Å²) in [6.07, 6.45) is 7.39. The summed E-state index contributed by atoms with van der Waals surface area (Å²) in [5.74, 6) is 1.73. The van der Waals surface area contributed by atoms with Crippen LogP contribution in [0.3, 0.4) is 0 Å². The van der Waals surface area contributed by atoms with Crippen molar-refractivity contribution in [2.45, 2.75) is 50.7 Å². The second kappa shape index (κ2) is 8.54. The standard InChI is InChI=1S/C19H27N3O2S/c1-19(23,15-9-12-25-13-15)14-21-18(22-16-5-2-3-6-16)20-10-8-17-7-4-11-24-17/h4,7,9,11-13,16,23H,2-3,5-6,8,10,14H2,1H3,(H2,20,21,22). The maximum atomic E-state index is 10.7. The number of hydrogen-bond acceptors (Lipinski definition) is 4. The third-order valence-corrected chi connectivity index (χ3v) is 5.31. The van der Waals surface area contributed by atoms with Crippen molar-refractivity contribution in [2.24, 2.45) is 4.99 Å². The van der Waals surface area contributed by atoms with E-state index in [4.69, 9.17) is 4.42 Å². The van der Waals surface area contributed by atoms with E-state index in [0.29, 0.717) is 12.6 Å². The van der Waals surface area contributed by atoms with E-state index < -0.39 is 5.60 Å². The molecule has 0 radical (unpaired) electrons. The molecule has 0 spiro atoms. The molecule has 0 amide bonds. The molecule has 5 nitrogen and oxygen atoms in total. The monoisotopic (exact) mass is 361 g/mol. The lowest BCUT2D eigenvalue weighted by molar-refractivity contribution is 0.0677. The van der Waals surface area contributed by atoms with E-state index >= 15 is 0 Å². The van der Waals surface area contributed by atoms with E-state index in [-0.39, 0.29) is 0 Å². The quantitative estimate of drug-likeness (QED) is 0.523. The molecule has 1 saturated carbocycles. The summed E-state index contributed by atoms with van der Waals surface area (Å²) in [6, 6.07) is 6.30. The summed E-state index contributed by atoms with van der Waals surface area (Å²) in [7, 11) is 0. The van der Waals surface area contributed by atoms with Crippen LogP contribution in [-0.2, 0) is 12.0 Å². The number of nitrogens with one attached hydrogen (secondary N) is 2. The second-order valence-corrected chi connectivity index (χ2v) is 7.61. The van der Waals surface area contributed by atoms with Crippen LogP contribution in [0.1, 0.15) is 43.9 Å². The molecule has 2 aromatic heterocycles. The van der Waals surface area contributed by atoms with Gasteiger partial charge in [-0.3, -0.25) is 0 Å². The van der Waals surface area contributed by atoms with Gasteiger partial charge in [-0.05, 0) is 54.3 Å². The highest BCUT2D eigenvalue weighted by Gasteiger charge is 2.24. The molecular formula is C19H27N3O2S. The van der Waals surface area contributed by atoms with E-state index in [9.17, 15) is 5.11 Å². The predicted molar refractivity (Wildman–Crippen MR) is 102 cm³/mol. The zero-order chi connectivity index (χ0) is 17.5. The molecule has 1 aliphatic rings. The zero-order valence-electron chi connectivity index (χ0n) is 14.7. The summed E-state index contributed by atoms with van der Waals surface area (Å²) >= 11 is 1.59. The first-order chi connectivity index (χ1) is 12.1. The lowest BCUT2D eigenvalue weighted by atomic mass is 10.00. The highest BCUT2D eigenvalue weighted by molar-refractivity contribution is 7.08. The van der Waals surface area contributed by atoms with E-state index in [2.05, 4.69) is 15.6 Å². The van der Waals surface area contributed by atoms with E-state index in [1.807, 2.05) is 35.9 Å². The number of nitrogens with zero attached hydrogens (tertiary/aromatic N) is 1. The van der Waals surface area contributed by atoms with Crippen molar-refractivity contribution in [1.82, 2.24) is 10.6 Å². The maximum Gasteiger partial charge on any atom is 0.191 e. The number of aliphatic imine (C=N–C) groups is 1. The van der Waals surface area contributed by atoms with Gasteiger partial charge < -0.3 is 20.2 Å². The summed E-state index contributed by atoms with van der Waals surface area (Å²) in [5, 5.41) is 21.5. The molecule has 2 heterocycles. The van der Waals surface area contributed by atoms with E-state index in [1.54, 1.807) is 17.6 Å². The van der Waals surface area contributed by atoms with Crippen LogP contribution in [0.5, 0.6) is 0 Å². The number of hydrogen-bond donors (Lipinski definition) is 3. The van der Waals surface area contributed by atoms with Gasteiger partial charge in [-0.1, -0.05) is 12.8 Å². The molecule has 0 aromatic carbocycles. The molecule has 1 atom stereocenters. The van der Waals surface area contributed by atoms with Crippen LogP contribution in [0.2, 0.25) is 0 Å². The highest BCUT2D eigenvalue weighted by atomic mass is 32.1. The maximum absolute atomic E-state index is 10.7. The molecule has 0 saturated heterocycles. The van der Waals surface area contributed by atoms with E-state index in [1.165, 1.54) is 25.7 Å². The Balaban J connectivity index is 1.59. The Labute approximate surface area is 153 Å². The van der Waals surface area contributed by atoms with Gasteiger partial charge in [0.25, 0.3) is 0 Å². The van der Waals surface area contributed by atoms with Gasteiger partial charge in [0.2, 0.25) is 0 Å². The number of aliphatic hydroxyl groups is 1. The molecule has 3 N–H and O–H groups in total. The van der Waals surface area contributed by atoms with Crippen molar-refractivity contribution in [3.05, 3.63) is 46.5 Å². The van der Waals surface area contributed by atoms with Gasteiger partial charge in [-0.2, -0.15) is 11.3 Å². The summed E-state index contributed by atoms with van der Waals surface area (Å²) in [4.78, 5) is 4.65. The normalized spacial score (nSPS) is 18.2. The molecule has 3 rings (SSSR count). The molecule has 1 unspecified atom stereocenters. The Kier molecular flexibility index (Phi) is 6.15. The van der Waals surface area contributed by atoms with Crippen molar-refractivity contribution in [3.8, 4) is 0 Å². The molecule has 6 heteroatoms. The molecule has 1 aliphatic carbocycles. The molecule has 25 heavy (non-hydrogen) atoms. The van der Waals surface area contributed by atoms with Crippen LogP contribution in [0.15, 0.2) is 44.6 Å². The van der Waals surface area contributed by atoms with Crippen molar-refractivity contribution in [2.75, 3.05) is 13.1 Å². The molecular weight excluding hydrogens is 334 g/mol. The van der Waals surface area contributed by atoms with Crippen LogP contribution >= 0.6 is 11.3 Å². The Morgan fingerprint density at radius 1 is 1.40 bits per heavy atom. The number of guanidine groups is 1. The van der Waals surface area contributed by atoms with Crippen LogP contribution in [-0.4, -0.2) is 30.2 Å². The third-order valence-electron chi connectivity index (χ3n) is 4.63. The molecule has 0 aliphatic heterocycles. The van der Waals surface area contributed by atoms with Gasteiger partial charge in [-0.15, -0.1) is 0 Å². The first-order valence-electron chi connectivity index (χ1n) is 8.96. The fraction of sp³-hybridized carbons (Fsp3) is 0.526. The summed E-state index contributed by atoms with van der Waals surface area (Å²) in [6.45, 7) is 2.88. The average molecular weight is 362 g/mol. The number of rotatable bonds is 7. The number of thiophene rings is 1. The van der Waals surface area contributed by atoms with Crippen molar-refractivity contribution < 1.29 is 9.52 Å². The van der Waals surface area contributed by atoms with Gasteiger partial charge in [0, 0.05) is 19.0 Å². The Morgan fingerprint density at radius 2 is 2.24 bits per heavy atom.